The molecule has 1 aliphatic rings. The Morgan fingerprint density at radius 3 is 2.21 bits per heavy atom. The molecule has 0 spiro atoms. The van der Waals surface area contributed by atoms with Crippen molar-refractivity contribution in [3.63, 3.8) is 0 Å². The molecule has 1 saturated heterocycles. The average Bonchev–Trinajstić information content (AvgIpc) is 2.87. The van der Waals surface area contributed by atoms with Crippen molar-refractivity contribution < 1.29 is 18.0 Å². The third-order valence-corrected chi connectivity index (χ3v) is 4.97. The van der Waals surface area contributed by atoms with E-state index in [0.29, 0.717) is 26.1 Å². The van der Waals surface area contributed by atoms with Crippen molar-refractivity contribution in [2.75, 3.05) is 32.7 Å². The Morgan fingerprint density at radius 2 is 1.59 bits per heavy atom. The van der Waals surface area contributed by atoms with Crippen LogP contribution in [0.1, 0.15) is 49.7 Å². The maximum absolute atomic E-state index is 12.6. The lowest BCUT2D eigenvalue weighted by molar-refractivity contribution is -0.137. The molecule has 1 aromatic carbocycles. The number of amides is 1. The molecule has 29 heavy (non-hydrogen) atoms. The second-order valence-electron chi connectivity index (χ2n) is 7.16. The van der Waals surface area contributed by atoms with E-state index in [1.165, 1.54) is 12.1 Å². The molecule has 9 heteroatoms. The number of rotatable bonds is 8. The van der Waals surface area contributed by atoms with Crippen molar-refractivity contribution >= 4 is 30.7 Å². The second-order valence-corrected chi connectivity index (χ2v) is 7.16. The van der Waals surface area contributed by atoms with Crippen LogP contribution in [-0.4, -0.2) is 48.4 Å². The minimum Gasteiger partial charge on any atom is -0.341 e. The molecule has 0 unspecified atom stereocenters. The Balaban J connectivity index is 0.00000392. The number of hydrogen-bond donors (Lipinski definition) is 1. The molecule has 1 aromatic rings. The fraction of sp³-hybridized carbons (Fsp3) is 0.650. The standard InChI is InChI=1S/C20H30F3N3O.2ClH/c21-20(22,23)18-9-7-17(8-10-18)16-25-12-5-13-26(15-14-25)19(27)6-3-1-2-4-11-24;;/h7-10H,1-6,11-16,24H2;2*1H. The predicted molar refractivity (Wildman–Crippen MR) is 115 cm³/mol. The number of nitrogens with zero attached hydrogens (tertiary/aromatic N) is 2. The number of halogens is 5. The normalized spacial score (nSPS) is 15.2. The number of alkyl halides is 3. The highest BCUT2D eigenvalue weighted by Gasteiger charge is 2.30. The number of nitrogens with two attached hydrogens (primary N) is 1. The Morgan fingerprint density at radius 1 is 0.931 bits per heavy atom. The quantitative estimate of drug-likeness (QED) is 0.584. The van der Waals surface area contributed by atoms with E-state index in [2.05, 4.69) is 4.90 Å². The highest BCUT2D eigenvalue weighted by molar-refractivity contribution is 5.85. The maximum Gasteiger partial charge on any atom is 0.416 e. The van der Waals surface area contributed by atoms with E-state index in [1.54, 1.807) is 0 Å². The first-order valence-corrected chi connectivity index (χ1v) is 9.76. The molecule has 1 heterocycles. The molecule has 0 saturated carbocycles. The molecule has 168 valence electrons. The van der Waals surface area contributed by atoms with E-state index in [0.717, 1.165) is 69.4 Å². The van der Waals surface area contributed by atoms with Gasteiger partial charge in [0.2, 0.25) is 5.91 Å². The Labute approximate surface area is 183 Å². The van der Waals surface area contributed by atoms with Gasteiger partial charge in [0, 0.05) is 39.1 Å². The van der Waals surface area contributed by atoms with Gasteiger partial charge in [-0.3, -0.25) is 9.69 Å². The summed E-state index contributed by atoms with van der Waals surface area (Å²) in [7, 11) is 0. The van der Waals surface area contributed by atoms with Gasteiger partial charge in [0.15, 0.2) is 0 Å². The monoisotopic (exact) mass is 457 g/mol. The van der Waals surface area contributed by atoms with Crippen molar-refractivity contribution in [2.24, 2.45) is 5.73 Å². The van der Waals surface area contributed by atoms with Crippen LogP contribution < -0.4 is 5.73 Å². The molecule has 1 aliphatic heterocycles. The van der Waals surface area contributed by atoms with Crippen LogP contribution in [0, 0.1) is 0 Å². The zero-order valence-corrected chi connectivity index (χ0v) is 18.3. The van der Waals surface area contributed by atoms with Gasteiger partial charge in [-0.15, -0.1) is 24.8 Å². The predicted octanol–water partition coefficient (Wildman–Crippen LogP) is 4.49. The van der Waals surface area contributed by atoms with Gasteiger partial charge in [-0.05, 0) is 43.5 Å². The van der Waals surface area contributed by atoms with Crippen molar-refractivity contribution in [3.8, 4) is 0 Å². The number of unbranched alkanes of at least 4 members (excludes halogenated alkanes) is 3. The fourth-order valence-electron chi connectivity index (χ4n) is 3.37. The van der Waals surface area contributed by atoms with Gasteiger partial charge in [0.25, 0.3) is 0 Å². The summed E-state index contributed by atoms with van der Waals surface area (Å²) >= 11 is 0. The fourth-order valence-corrected chi connectivity index (χ4v) is 3.37. The molecule has 0 bridgehead atoms. The molecule has 2 rings (SSSR count). The van der Waals surface area contributed by atoms with Crippen molar-refractivity contribution in [1.29, 1.82) is 0 Å². The summed E-state index contributed by atoms with van der Waals surface area (Å²) < 4.78 is 37.9. The lowest BCUT2D eigenvalue weighted by Gasteiger charge is -2.22. The SMILES string of the molecule is Cl.Cl.NCCCCCCC(=O)N1CCCN(Cc2ccc(C(F)(F)F)cc2)CC1. The summed E-state index contributed by atoms with van der Waals surface area (Å²) in [5.74, 6) is 0.208. The summed E-state index contributed by atoms with van der Waals surface area (Å²) in [6.07, 6.45) is 1.21. The van der Waals surface area contributed by atoms with Crippen LogP contribution in [0.2, 0.25) is 0 Å². The molecular formula is C20H32Cl2F3N3O. The Bertz CT molecular complexity index is 585. The zero-order chi connectivity index (χ0) is 19.7. The van der Waals surface area contributed by atoms with Gasteiger partial charge in [0.1, 0.15) is 0 Å². The van der Waals surface area contributed by atoms with Crippen LogP contribution >= 0.6 is 24.8 Å². The van der Waals surface area contributed by atoms with Gasteiger partial charge < -0.3 is 10.6 Å². The summed E-state index contributed by atoms with van der Waals surface area (Å²) in [6.45, 7) is 4.35. The lowest BCUT2D eigenvalue weighted by Crippen LogP contribution is -2.34. The van der Waals surface area contributed by atoms with E-state index in [9.17, 15) is 18.0 Å². The van der Waals surface area contributed by atoms with Crippen LogP contribution in [0.5, 0.6) is 0 Å². The largest absolute Gasteiger partial charge is 0.416 e. The van der Waals surface area contributed by atoms with E-state index < -0.39 is 11.7 Å². The van der Waals surface area contributed by atoms with E-state index in [1.807, 2.05) is 4.90 Å². The first-order chi connectivity index (χ1) is 12.9. The molecule has 4 nitrogen and oxygen atoms in total. The lowest BCUT2D eigenvalue weighted by atomic mass is 10.1. The van der Waals surface area contributed by atoms with Gasteiger partial charge in [-0.2, -0.15) is 13.2 Å². The molecule has 1 fully saturated rings. The molecule has 0 atom stereocenters. The minimum absolute atomic E-state index is 0. The number of benzene rings is 1. The first-order valence-electron chi connectivity index (χ1n) is 9.76. The summed E-state index contributed by atoms with van der Waals surface area (Å²) in [5, 5.41) is 0. The first kappa shape index (κ1) is 28.0. The van der Waals surface area contributed by atoms with Crippen LogP contribution in [-0.2, 0) is 17.5 Å². The number of carbonyl (C=O) groups excluding carboxylic acids is 1. The summed E-state index contributed by atoms with van der Waals surface area (Å²) in [6, 6.07) is 5.34. The maximum atomic E-state index is 12.6. The van der Waals surface area contributed by atoms with Crippen LogP contribution in [0.15, 0.2) is 24.3 Å². The minimum atomic E-state index is -4.30. The number of carbonyl (C=O) groups is 1. The van der Waals surface area contributed by atoms with E-state index in [-0.39, 0.29) is 30.7 Å². The zero-order valence-electron chi connectivity index (χ0n) is 16.6. The Hall–Kier alpha value is -1.02. The van der Waals surface area contributed by atoms with Crippen molar-refractivity contribution in [3.05, 3.63) is 35.4 Å². The molecule has 2 N–H and O–H groups in total. The van der Waals surface area contributed by atoms with Crippen LogP contribution in [0.3, 0.4) is 0 Å². The van der Waals surface area contributed by atoms with Gasteiger partial charge in [-0.25, -0.2) is 0 Å². The highest BCUT2D eigenvalue weighted by Crippen LogP contribution is 2.29. The van der Waals surface area contributed by atoms with Gasteiger partial charge in [0.05, 0.1) is 5.56 Å². The molecular weight excluding hydrogens is 426 g/mol. The topological polar surface area (TPSA) is 49.6 Å². The van der Waals surface area contributed by atoms with Crippen LogP contribution in [0.25, 0.3) is 0 Å². The summed E-state index contributed by atoms with van der Waals surface area (Å²) in [5.41, 5.74) is 5.71. The Kier molecular flexibility index (Phi) is 13.6. The van der Waals surface area contributed by atoms with Gasteiger partial charge in [-0.1, -0.05) is 25.0 Å². The van der Waals surface area contributed by atoms with E-state index >= 15 is 0 Å². The molecule has 0 radical (unpaired) electrons. The molecule has 0 aliphatic carbocycles. The van der Waals surface area contributed by atoms with Crippen molar-refractivity contribution in [2.45, 2.75) is 51.2 Å². The van der Waals surface area contributed by atoms with Gasteiger partial charge >= 0.3 is 6.18 Å². The summed E-state index contributed by atoms with van der Waals surface area (Å²) in [4.78, 5) is 16.5. The highest BCUT2D eigenvalue weighted by atomic mass is 35.5. The van der Waals surface area contributed by atoms with Crippen molar-refractivity contribution in [1.82, 2.24) is 9.80 Å². The third-order valence-electron chi connectivity index (χ3n) is 4.97. The van der Waals surface area contributed by atoms with Crippen LogP contribution in [0.4, 0.5) is 13.2 Å². The smallest absolute Gasteiger partial charge is 0.341 e. The second kappa shape index (κ2) is 14.1. The molecule has 1 amide bonds. The average molecular weight is 458 g/mol. The van der Waals surface area contributed by atoms with E-state index in [4.69, 9.17) is 5.73 Å². The number of hydrogen-bond acceptors (Lipinski definition) is 3. The molecule has 0 aromatic heterocycles. The third kappa shape index (κ3) is 10.0.